The highest BCUT2D eigenvalue weighted by molar-refractivity contribution is 5.55. The minimum Gasteiger partial charge on any atom is -0.366 e. The quantitative estimate of drug-likeness (QED) is 0.880. The van der Waals surface area contributed by atoms with Crippen molar-refractivity contribution in [3.63, 3.8) is 0 Å². The summed E-state index contributed by atoms with van der Waals surface area (Å²) in [5.74, 6) is 0.811. The molecule has 0 aliphatic heterocycles. The predicted octanol–water partition coefficient (Wildman–Crippen LogP) is 3.43. The van der Waals surface area contributed by atoms with Crippen LogP contribution in [0.2, 0.25) is 0 Å². The highest BCUT2D eigenvalue weighted by atomic mass is 15.0. The van der Waals surface area contributed by atoms with Crippen LogP contribution in [0.3, 0.4) is 0 Å². The number of hydrogen-bond acceptors (Lipinski definition) is 3. The Kier molecular flexibility index (Phi) is 2.97. The van der Waals surface area contributed by atoms with E-state index < -0.39 is 0 Å². The molecule has 1 unspecified atom stereocenters. The minimum atomic E-state index is 0.418. The molecule has 0 spiro atoms. The summed E-state index contributed by atoms with van der Waals surface area (Å²) in [6, 6.07) is 4.80. The standard InChI is InChI=1S/C16H21N3/c1-16(2)7-6-13(9-16)18-15-12(10-17)8-11-4-3-5-14(11)19-15/h8,13H,3-7,9H2,1-2H3,(H,18,19). The Morgan fingerprint density at radius 1 is 1.42 bits per heavy atom. The third-order valence-electron chi connectivity index (χ3n) is 4.48. The Balaban J connectivity index is 1.83. The van der Waals surface area contributed by atoms with E-state index in [1.54, 1.807) is 0 Å². The van der Waals surface area contributed by atoms with Gasteiger partial charge in [-0.1, -0.05) is 13.8 Å². The molecule has 2 aliphatic carbocycles. The van der Waals surface area contributed by atoms with Crippen LogP contribution in [-0.2, 0) is 12.8 Å². The van der Waals surface area contributed by atoms with Crippen LogP contribution in [0.4, 0.5) is 5.82 Å². The van der Waals surface area contributed by atoms with Crippen molar-refractivity contribution in [3.8, 4) is 6.07 Å². The molecule has 1 N–H and O–H groups in total. The fraction of sp³-hybridized carbons (Fsp3) is 0.625. The third kappa shape index (κ3) is 2.45. The molecule has 0 bridgehead atoms. The van der Waals surface area contributed by atoms with Crippen molar-refractivity contribution < 1.29 is 0 Å². The first-order valence-electron chi connectivity index (χ1n) is 7.27. The molecule has 1 saturated carbocycles. The predicted molar refractivity (Wildman–Crippen MR) is 76.0 cm³/mol. The summed E-state index contributed by atoms with van der Waals surface area (Å²) in [4.78, 5) is 4.70. The number of hydrogen-bond donors (Lipinski definition) is 1. The molecule has 3 rings (SSSR count). The van der Waals surface area contributed by atoms with E-state index in [0.717, 1.165) is 25.1 Å². The number of aryl methyl sites for hydroxylation is 2. The second-order valence-corrected chi connectivity index (χ2v) is 6.70. The second kappa shape index (κ2) is 4.52. The molecule has 1 fully saturated rings. The molecule has 1 aromatic rings. The molecule has 2 aliphatic rings. The van der Waals surface area contributed by atoms with E-state index in [4.69, 9.17) is 4.98 Å². The molecule has 1 aromatic heterocycles. The van der Waals surface area contributed by atoms with Gasteiger partial charge in [-0.05, 0) is 55.6 Å². The summed E-state index contributed by atoms with van der Waals surface area (Å²) in [7, 11) is 0. The molecule has 3 heteroatoms. The van der Waals surface area contributed by atoms with Crippen LogP contribution >= 0.6 is 0 Å². The minimum absolute atomic E-state index is 0.418. The van der Waals surface area contributed by atoms with Gasteiger partial charge >= 0.3 is 0 Å². The number of fused-ring (bicyclic) bond motifs is 1. The van der Waals surface area contributed by atoms with Crippen molar-refractivity contribution in [1.29, 1.82) is 5.26 Å². The third-order valence-corrected chi connectivity index (χ3v) is 4.48. The highest BCUT2D eigenvalue weighted by Crippen LogP contribution is 2.38. The van der Waals surface area contributed by atoms with Crippen LogP contribution in [0.25, 0.3) is 0 Å². The van der Waals surface area contributed by atoms with Crippen LogP contribution < -0.4 is 5.32 Å². The molecular weight excluding hydrogens is 234 g/mol. The largest absolute Gasteiger partial charge is 0.366 e. The van der Waals surface area contributed by atoms with Gasteiger partial charge in [0.15, 0.2) is 0 Å². The number of aromatic nitrogens is 1. The SMILES string of the molecule is CC1(C)CCC(Nc2nc3c(cc2C#N)CCC3)C1. The molecule has 3 nitrogen and oxygen atoms in total. The van der Waals surface area contributed by atoms with Crippen LogP contribution in [0.1, 0.15) is 56.4 Å². The Bertz CT molecular complexity index is 540. The van der Waals surface area contributed by atoms with Crippen molar-refractivity contribution in [2.75, 3.05) is 5.32 Å². The Labute approximate surface area is 115 Å². The van der Waals surface area contributed by atoms with E-state index in [1.807, 2.05) is 6.07 Å². The van der Waals surface area contributed by atoms with Crippen LogP contribution in [0, 0.1) is 16.7 Å². The molecule has 0 amide bonds. The fourth-order valence-electron chi connectivity index (χ4n) is 3.42. The van der Waals surface area contributed by atoms with E-state index >= 15 is 0 Å². The van der Waals surface area contributed by atoms with Crippen molar-refractivity contribution in [3.05, 3.63) is 22.9 Å². The van der Waals surface area contributed by atoms with Crippen molar-refractivity contribution >= 4 is 5.82 Å². The van der Waals surface area contributed by atoms with E-state index in [1.165, 1.54) is 30.5 Å². The lowest BCUT2D eigenvalue weighted by atomic mass is 9.92. The normalized spacial score (nSPS) is 23.9. The smallest absolute Gasteiger partial charge is 0.144 e. The first-order chi connectivity index (χ1) is 9.07. The fourth-order valence-corrected chi connectivity index (χ4v) is 3.42. The first kappa shape index (κ1) is 12.5. The van der Waals surface area contributed by atoms with E-state index in [9.17, 15) is 5.26 Å². The van der Waals surface area contributed by atoms with Gasteiger partial charge in [-0.15, -0.1) is 0 Å². The number of rotatable bonds is 2. The first-order valence-corrected chi connectivity index (χ1v) is 7.27. The van der Waals surface area contributed by atoms with Crippen LogP contribution in [0.15, 0.2) is 6.07 Å². The van der Waals surface area contributed by atoms with Gasteiger partial charge in [0.2, 0.25) is 0 Å². The molecule has 0 radical (unpaired) electrons. The van der Waals surface area contributed by atoms with E-state index in [-0.39, 0.29) is 0 Å². The topological polar surface area (TPSA) is 48.7 Å². The average Bonchev–Trinajstić information content (AvgIpc) is 2.94. The van der Waals surface area contributed by atoms with Gasteiger partial charge < -0.3 is 5.32 Å². The molecular formula is C16H21N3. The molecule has 0 aromatic carbocycles. The van der Waals surface area contributed by atoms with Crippen molar-refractivity contribution in [2.45, 2.75) is 58.4 Å². The number of anilines is 1. The molecule has 1 atom stereocenters. The van der Waals surface area contributed by atoms with Gasteiger partial charge in [0, 0.05) is 11.7 Å². The van der Waals surface area contributed by atoms with Crippen molar-refractivity contribution in [1.82, 2.24) is 4.98 Å². The summed E-state index contributed by atoms with van der Waals surface area (Å²) >= 11 is 0. The average molecular weight is 255 g/mol. The molecule has 1 heterocycles. The van der Waals surface area contributed by atoms with Gasteiger partial charge in [-0.3, -0.25) is 0 Å². The maximum Gasteiger partial charge on any atom is 0.144 e. The summed E-state index contributed by atoms with van der Waals surface area (Å²) in [5, 5.41) is 12.8. The summed E-state index contributed by atoms with van der Waals surface area (Å²) in [5.41, 5.74) is 3.60. The van der Waals surface area contributed by atoms with Gasteiger partial charge in [-0.25, -0.2) is 4.98 Å². The monoisotopic (exact) mass is 255 g/mol. The number of nitriles is 1. The summed E-state index contributed by atoms with van der Waals surface area (Å²) < 4.78 is 0. The lowest BCUT2D eigenvalue weighted by Crippen LogP contribution is -2.19. The second-order valence-electron chi connectivity index (χ2n) is 6.70. The highest BCUT2D eigenvalue weighted by Gasteiger charge is 2.31. The van der Waals surface area contributed by atoms with Gasteiger partial charge in [-0.2, -0.15) is 5.26 Å². The number of nitrogens with one attached hydrogen (secondary N) is 1. The van der Waals surface area contributed by atoms with Crippen molar-refractivity contribution in [2.24, 2.45) is 5.41 Å². The number of nitrogens with zero attached hydrogens (tertiary/aromatic N) is 2. The zero-order valence-electron chi connectivity index (χ0n) is 11.8. The zero-order valence-corrected chi connectivity index (χ0v) is 11.8. The molecule has 19 heavy (non-hydrogen) atoms. The van der Waals surface area contributed by atoms with Gasteiger partial charge in [0.1, 0.15) is 11.9 Å². The van der Waals surface area contributed by atoms with Gasteiger partial charge in [0.05, 0.1) is 5.56 Å². The lowest BCUT2D eigenvalue weighted by Gasteiger charge is -2.19. The zero-order chi connectivity index (χ0) is 13.5. The Morgan fingerprint density at radius 2 is 2.26 bits per heavy atom. The summed E-state index contributed by atoms with van der Waals surface area (Å²) in [6.07, 6.45) is 6.90. The lowest BCUT2D eigenvalue weighted by molar-refractivity contribution is 0.378. The van der Waals surface area contributed by atoms with Gasteiger partial charge in [0.25, 0.3) is 0 Å². The van der Waals surface area contributed by atoms with E-state index in [0.29, 0.717) is 17.0 Å². The molecule has 0 saturated heterocycles. The molecule has 100 valence electrons. The van der Waals surface area contributed by atoms with Crippen LogP contribution in [0.5, 0.6) is 0 Å². The maximum absolute atomic E-state index is 9.30. The maximum atomic E-state index is 9.30. The Hall–Kier alpha value is -1.56. The van der Waals surface area contributed by atoms with Crippen LogP contribution in [-0.4, -0.2) is 11.0 Å². The Morgan fingerprint density at radius 3 is 2.95 bits per heavy atom. The number of pyridine rings is 1. The van der Waals surface area contributed by atoms with E-state index in [2.05, 4.69) is 25.2 Å². The summed E-state index contributed by atoms with van der Waals surface area (Å²) in [6.45, 7) is 4.63.